The van der Waals surface area contributed by atoms with E-state index in [1.54, 1.807) is 6.08 Å². The molecule has 0 N–H and O–H groups in total. The lowest BCUT2D eigenvalue weighted by molar-refractivity contribution is -0.116. The van der Waals surface area contributed by atoms with Crippen molar-refractivity contribution >= 4 is 5.78 Å². The highest BCUT2D eigenvalue weighted by Crippen LogP contribution is 2.33. The highest BCUT2D eigenvalue weighted by Gasteiger charge is 2.26. The molecular formula is C10H16O. The molecular weight excluding hydrogens is 136 g/mol. The van der Waals surface area contributed by atoms with E-state index in [9.17, 15) is 4.79 Å². The summed E-state index contributed by atoms with van der Waals surface area (Å²) in [6, 6.07) is 0. The zero-order valence-electron chi connectivity index (χ0n) is 7.55. The van der Waals surface area contributed by atoms with Crippen molar-refractivity contribution in [2.75, 3.05) is 0 Å². The number of allylic oxidation sites excluding steroid dienone is 2. The average molecular weight is 152 g/mol. The first-order chi connectivity index (χ1) is 5.00. The van der Waals surface area contributed by atoms with Crippen LogP contribution in [0.3, 0.4) is 0 Å². The molecule has 0 fully saturated rings. The Labute approximate surface area is 68.5 Å². The molecule has 0 radical (unpaired) electrons. The van der Waals surface area contributed by atoms with Gasteiger partial charge in [-0.15, -0.1) is 0 Å². The third-order valence-electron chi connectivity index (χ3n) is 2.40. The fraction of sp³-hybridized carbons (Fsp3) is 0.700. The van der Waals surface area contributed by atoms with Crippen molar-refractivity contribution in [2.45, 2.75) is 33.6 Å². The molecule has 0 aliphatic heterocycles. The number of rotatable bonds is 0. The molecule has 0 aromatic heterocycles. The van der Waals surface area contributed by atoms with E-state index in [1.165, 1.54) is 0 Å². The first-order valence-corrected chi connectivity index (χ1v) is 4.19. The molecule has 0 saturated heterocycles. The van der Waals surface area contributed by atoms with Gasteiger partial charge in [-0.05, 0) is 23.8 Å². The third kappa shape index (κ3) is 2.18. The molecule has 1 atom stereocenters. The number of hydrogen-bond donors (Lipinski definition) is 0. The normalized spacial score (nSPS) is 25.7. The molecule has 0 aromatic rings. The molecule has 1 aliphatic rings. The molecule has 0 unspecified atom stereocenters. The van der Waals surface area contributed by atoms with Crippen LogP contribution < -0.4 is 0 Å². The molecule has 1 rings (SSSR count). The van der Waals surface area contributed by atoms with Crippen molar-refractivity contribution in [3.05, 3.63) is 12.2 Å². The SMILES string of the molecule is CC(C)(C)[C@H]1CC=CC(=O)C1. The molecule has 0 bridgehead atoms. The molecule has 1 aliphatic carbocycles. The third-order valence-corrected chi connectivity index (χ3v) is 2.40. The van der Waals surface area contributed by atoms with Gasteiger partial charge in [-0.3, -0.25) is 4.79 Å². The number of carbonyl (C=O) groups excluding carboxylic acids is 1. The zero-order valence-corrected chi connectivity index (χ0v) is 7.55. The van der Waals surface area contributed by atoms with Gasteiger partial charge in [0.15, 0.2) is 5.78 Å². The maximum absolute atomic E-state index is 11.0. The van der Waals surface area contributed by atoms with Gasteiger partial charge in [-0.2, -0.15) is 0 Å². The second-order valence-corrected chi connectivity index (χ2v) is 4.37. The summed E-state index contributed by atoms with van der Waals surface area (Å²) in [5, 5.41) is 0. The van der Waals surface area contributed by atoms with Crippen LogP contribution in [0.25, 0.3) is 0 Å². The van der Waals surface area contributed by atoms with Crippen molar-refractivity contribution in [3.63, 3.8) is 0 Å². The van der Waals surface area contributed by atoms with Crippen LogP contribution in [0.2, 0.25) is 0 Å². The van der Waals surface area contributed by atoms with E-state index in [2.05, 4.69) is 20.8 Å². The van der Waals surface area contributed by atoms with Gasteiger partial charge in [0, 0.05) is 6.42 Å². The Morgan fingerprint density at radius 3 is 2.45 bits per heavy atom. The second-order valence-electron chi connectivity index (χ2n) is 4.37. The minimum atomic E-state index is 0.278. The van der Waals surface area contributed by atoms with E-state index in [4.69, 9.17) is 0 Å². The Bertz CT molecular complexity index is 184. The summed E-state index contributed by atoms with van der Waals surface area (Å²) in [5.74, 6) is 0.830. The van der Waals surface area contributed by atoms with Crippen LogP contribution in [-0.2, 0) is 4.79 Å². The van der Waals surface area contributed by atoms with E-state index < -0.39 is 0 Å². The second kappa shape index (κ2) is 2.80. The van der Waals surface area contributed by atoms with Crippen molar-refractivity contribution in [3.8, 4) is 0 Å². The molecule has 11 heavy (non-hydrogen) atoms. The van der Waals surface area contributed by atoms with Gasteiger partial charge in [0.1, 0.15) is 0 Å². The lowest BCUT2D eigenvalue weighted by atomic mass is 9.74. The fourth-order valence-corrected chi connectivity index (χ4v) is 1.42. The quantitative estimate of drug-likeness (QED) is 0.521. The molecule has 1 heteroatoms. The van der Waals surface area contributed by atoms with Crippen LogP contribution in [0.4, 0.5) is 0 Å². The predicted octanol–water partition coefficient (Wildman–Crippen LogP) is 2.57. The molecule has 1 nitrogen and oxygen atoms in total. The van der Waals surface area contributed by atoms with E-state index in [0.717, 1.165) is 12.8 Å². The molecule has 0 amide bonds. The minimum absolute atomic E-state index is 0.278. The maximum atomic E-state index is 11.0. The fourth-order valence-electron chi connectivity index (χ4n) is 1.42. The summed E-state index contributed by atoms with van der Waals surface area (Å²) in [6.45, 7) is 6.60. The van der Waals surface area contributed by atoms with Crippen molar-refractivity contribution in [1.82, 2.24) is 0 Å². The van der Waals surface area contributed by atoms with Gasteiger partial charge >= 0.3 is 0 Å². The summed E-state index contributed by atoms with van der Waals surface area (Å²) in [4.78, 5) is 11.0. The van der Waals surface area contributed by atoms with Crippen molar-refractivity contribution in [1.29, 1.82) is 0 Å². The van der Waals surface area contributed by atoms with E-state index in [0.29, 0.717) is 5.92 Å². The monoisotopic (exact) mass is 152 g/mol. The van der Waals surface area contributed by atoms with Gasteiger partial charge < -0.3 is 0 Å². The summed E-state index contributed by atoms with van der Waals surface area (Å²) in [7, 11) is 0. The molecule has 0 aromatic carbocycles. The standard InChI is InChI=1S/C10H16O/c1-10(2,3)8-5-4-6-9(11)7-8/h4,6,8H,5,7H2,1-3H3/t8-/m0/s1. The van der Waals surface area contributed by atoms with Crippen LogP contribution in [0, 0.1) is 11.3 Å². The number of ketones is 1. The van der Waals surface area contributed by atoms with E-state index >= 15 is 0 Å². The molecule has 62 valence electrons. The smallest absolute Gasteiger partial charge is 0.155 e. The van der Waals surface area contributed by atoms with E-state index in [-0.39, 0.29) is 11.2 Å². The highest BCUT2D eigenvalue weighted by molar-refractivity contribution is 5.90. The van der Waals surface area contributed by atoms with Gasteiger partial charge in [0.2, 0.25) is 0 Å². The Morgan fingerprint density at radius 2 is 2.09 bits per heavy atom. The molecule has 0 heterocycles. The van der Waals surface area contributed by atoms with Crippen LogP contribution >= 0.6 is 0 Å². The largest absolute Gasteiger partial charge is 0.295 e. The lowest BCUT2D eigenvalue weighted by Crippen LogP contribution is -2.24. The Balaban J connectivity index is 2.64. The lowest BCUT2D eigenvalue weighted by Gasteiger charge is -2.30. The topological polar surface area (TPSA) is 17.1 Å². The first kappa shape index (κ1) is 8.51. The molecule has 0 saturated carbocycles. The van der Waals surface area contributed by atoms with Crippen molar-refractivity contribution in [2.24, 2.45) is 11.3 Å². The highest BCUT2D eigenvalue weighted by atomic mass is 16.1. The van der Waals surface area contributed by atoms with Crippen LogP contribution in [0.15, 0.2) is 12.2 Å². The zero-order chi connectivity index (χ0) is 8.48. The first-order valence-electron chi connectivity index (χ1n) is 4.19. The number of carbonyl (C=O) groups is 1. The summed E-state index contributed by atoms with van der Waals surface area (Å²) >= 11 is 0. The Kier molecular flexibility index (Phi) is 2.17. The van der Waals surface area contributed by atoms with Crippen LogP contribution in [0.1, 0.15) is 33.6 Å². The maximum Gasteiger partial charge on any atom is 0.155 e. The van der Waals surface area contributed by atoms with Gasteiger partial charge in [-0.25, -0.2) is 0 Å². The van der Waals surface area contributed by atoms with E-state index in [1.807, 2.05) is 6.08 Å². The average Bonchev–Trinajstić information content (AvgIpc) is 1.86. The van der Waals surface area contributed by atoms with Gasteiger partial charge in [0.25, 0.3) is 0 Å². The Morgan fingerprint density at radius 1 is 1.45 bits per heavy atom. The van der Waals surface area contributed by atoms with Gasteiger partial charge in [-0.1, -0.05) is 26.8 Å². The minimum Gasteiger partial charge on any atom is -0.295 e. The number of hydrogen-bond acceptors (Lipinski definition) is 1. The summed E-state index contributed by atoms with van der Waals surface area (Å²) in [5.41, 5.74) is 0.278. The summed E-state index contributed by atoms with van der Waals surface area (Å²) in [6.07, 6.45) is 5.51. The van der Waals surface area contributed by atoms with Gasteiger partial charge in [0.05, 0.1) is 0 Å². The van der Waals surface area contributed by atoms with Crippen molar-refractivity contribution < 1.29 is 4.79 Å². The van der Waals surface area contributed by atoms with Crippen LogP contribution in [-0.4, -0.2) is 5.78 Å². The summed E-state index contributed by atoms with van der Waals surface area (Å²) < 4.78 is 0. The predicted molar refractivity (Wildman–Crippen MR) is 46.3 cm³/mol. The molecule has 0 spiro atoms. The Hall–Kier alpha value is -0.590. The van der Waals surface area contributed by atoms with Crippen LogP contribution in [0.5, 0.6) is 0 Å².